The number of allylic oxidation sites excluding steroid dienone is 1. The van der Waals surface area contributed by atoms with E-state index >= 15 is 0 Å². The van der Waals surface area contributed by atoms with Crippen molar-refractivity contribution in [2.45, 2.75) is 63.8 Å². The quantitative estimate of drug-likeness (QED) is 0.341. The van der Waals surface area contributed by atoms with Gasteiger partial charge in [-0.25, -0.2) is 13.8 Å². The number of halogens is 2. The SMILES string of the molecule is C[C@H](NC(=O)[C@@H]1C[C@@H](F)CN1C(=O)CNC(=O)c1ccc2cc(F)ccc2n1)c1ccc(N2CCN(C)C(C)(C)C2)cc1/C=C/C1CC1. The first-order valence-electron chi connectivity index (χ1n) is 16.7. The van der Waals surface area contributed by atoms with E-state index in [1.807, 2.05) is 6.92 Å². The number of alkyl halides is 1. The lowest BCUT2D eigenvalue weighted by atomic mass is 9.96. The molecule has 0 bridgehead atoms. The van der Waals surface area contributed by atoms with Crippen LogP contribution in [0.2, 0.25) is 0 Å². The molecule has 3 fully saturated rings. The van der Waals surface area contributed by atoms with Crippen molar-refractivity contribution in [3.63, 3.8) is 0 Å². The first-order chi connectivity index (χ1) is 22.9. The summed E-state index contributed by atoms with van der Waals surface area (Å²) in [4.78, 5) is 49.8. The van der Waals surface area contributed by atoms with Crippen molar-refractivity contribution in [2.24, 2.45) is 5.92 Å². The standard InChI is InChI=1S/C37H44F2N6O3/c1-23(30-12-11-29(18-25(30)8-7-24-5-6-24)44-16-15-43(4)37(2,3)22-44)41-36(48)33-19-28(39)21-45(33)34(46)20-40-35(47)32-13-9-26-17-27(38)10-14-31(26)42-32/h7-14,17-18,23-24,28,33H,5-6,15-16,19-22H2,1-4H3,(H,40,47)(H,41,48)/b8-7+/t23-,28+,33-/m0/s1. The number of pyridine rings is 1. The fourth-order valence-corrected chi connectivity index (χ4v) is 6.55. The number of benzene rings is 2. The molecule has 0 radical (unpaired) electrons. The molecule has 1 aromatic heterocycles. The Morgan fingerprint density at radius 2 is 1.88 bits per heavy atom. The van der Waals surface area contributed by atoms with E-state index in [1.165, 1.54) is 42.0 Å². The van der Waals surface area contributed by atoms with Crippen molar-refractivity contribution in [1.29, 1.82) is 0 Å². The number of amides is 3. The number of nitrogens with one attached hydrogen (secondary N) is 2. The second kappa shape index (κ2) is 13.6. The van der Waals surface area contributed by atoms with Crippen molar-refractivity contribution in [3.8, 4) is 0 Å². The Balaban J connectivity index is 1.11. The van der Waals surface area contributed by atoms with E-state index in [0.717, 1.165) is 36.4 Å². The van der Waals surface area contributed by atoms with Crippen molar-refractivity contribution < 1.29 is 23.2 Å². The molecule has 254 valence electrons. The number of carbonyl (C=O) groups is 3. The molecule has 3 amide bonds. The normalized spacial score (nSPS) is 21.9. The predicted octanol–water partition coefficient (Wildman–Crippen LogP) is 4.87. The molecule has 0 spiro atoms. The van der Waals surface area contributed by atoms with Gasteiger partial charge in [-0.3, -0.25) is 19.3 Å². The highest BCUT2D eigenvalue weighted by molar-refractivity contribution is 5.97. The zero-order valence-electron chi connectivity index (χ0n) is 28.0. The van der Waals surface area contributed by atoms with E-state index in [0.29, 0.717) is 16.8 Å². The lowest BCUT2D eigenvalue weighted by Crippen LogP contribution is -2.57. The van der Waals surface area contributed by atoms with E-state index in [4.69, 9.17) is 0 Å². The second-order valence-corrected chi connectivity index (χ2v) is 14.0. The molecule has 2 saturated heterocycles. The van der Waals surface area contributed by atoms with Gasteiger partial charge in [-0.1, -0.05) is 24.3 Å². The summed E-state index contributed by atoms with van der Waals surface area (Å²) in [7, 11) is 2.16. The van der Waals surface area contributed by atoms with Gasteiger partial charge in [0.2, 0.25) is 11.8 Å². The maximum atomic E-state index is 14.7. The molecular weight excluding hydrogens is 614 g/mol. The molecule has 3 aromatic rings. The highest BCUT2D eigenvalue weighted by atomic mass is 19.1. The smallest absolute Gasteiger partial charge is 0.270 e. The van der Waals surface area contributed by atoms with Crippen molar-refractivity contribution in [2.75, 3.05) is 44.7 Å². The van der Waals surface area contributed by atoms with Gasteiger partial charge in [0.15, 0.2) is 0 Å². The van der Waals surface area contributed by atoms with Crippen LogP contribution in [0.1, 0.15) is 67.7 Å². The molecule has 48 heavy (non-hydrogen) atoms. The average Bonchev–Trinajstić information content (AvgIpc) is 3.81. The number of nitrogens with zero attached hydrogens (tertiary/aromatic N) is 4. The minimum absolute atomic E-state index is 0.0407. The molecule has 2 N–H and O–H groups in total. The minimum Gasteiger partial charge on any atom is -0.368 e. The van der Waals surface area contributed by atoms with E-state index in [2.05, 4.69) is 76.7 Å². The van der Waals surface area contributed by atoms with Crippen LogP contribution in [0.15, 0.2) is 54.6 Å². The van der Waals surface area contributed by atoms with Crippen LogP contribution in [0.4, 0.5) is 14.5 Å². The zero-order chi connectivity index (χ0) is 34.2. The van der Waals surface area contributed by atoms with Gasteiger partial charge >= 0.3 is 0 Å². The summed E-state index contributed by atoms with van der Waals surface area (Å²) in [5, 5.41) is 6.11. The molecule has 1 aliphatic carbocycles. The van der Waals surface area contributed by atoms with Crippen LogP contribution >= 0.6 is 0 Å². The highest BCUT2D eigenvalue weighted by Crippen LogP contribution is 2.34. The first kappa shape index (κ1) is 33.5. The number of likely N-dealkylation sites (N-methyl/N-ethyl adjacent to an activating group) is 1. The van der Waals surface area contributed by atoms with Crippen LogP contribution in [0, 0.1) is 11.7 Å². The molecule has 3 aliphatic rings. The number of rotatable bonds is 9. The number of anilines is 1. The van der Waals surface area contributed by atoms with Crippen molar-refractivity contribution >= 4 is 40.4 Å². The Hall–Kier alpha value is -4.38. The summed E-state index contributed by atoms with van der Waals surface area (Å²) in [5.41, 5.74) is 3.65. The Bertz CT molecular complexity index is 1740. The van der Waals surface area contributed by atoms with Gasteiger partial charge in [-0.2, -0.15) is 0 Å². The number of hydrogen-bond donors (Lipinski definition) is 2. The van der Waals surface area contributed by atoms with Gasteiger partial charge in [0, 0.05) is 42.7 Å². The van der Waals surface area contributed by atoms with E-state index in [-0.39, 0.29) is 24.2 Å². The second-order valence-electron chi connectivity index (χ2n) is 14.0. The first-order valence-corrected chi connectivity index (χ1v) is 16.7. The molecule has 3 heterocycles. The lowest BCUT2D eigenvalue weighted by molar-refractivity contribution is -0.138. The third-order valence-electron chi connectivity index (χ3n) is 9.90. The number of aromatic nitrogens is 1. The van der Waals surface area contributed by atoms with E-state index < -0.39 is 48.3 Å². The Morgan fingerprint density at radius 1 is 1.08 bits per heavy atom. The van der Waals surface area contributed by atoms with Crippen LogP contribution in [0.25, 0.3) is 17.0 Å². The zero-order valence-corrected chi connectivity index (χ0v) is 28.0. The number of fused-ring (bicyclic) bond motifs is 1. The summed E-state index contributed by atoms with van der Waals surface area (Å²) in [6, 6.07) is 12.0. The number of hydrogen-bond acceptors (Lipinski definition) is 6. The summed E-state index contributed by atoms with van der Waals surface area (Å²) in [6.45, 7) is 8.54. The average molecular weight is 659 g/mol. The fourth-order valence-electron chi connectivity index (χ4n) is 6.55. The Labute approximate surface area is 280 Å². The molecule has 2 aromatic carbocycles. The Kier molecular flexibility index (Phi) is 9.51. The van der Waals surface area contributed by atoms with Crippen LogP contribution in [-0.2, 0) is 9.59 Å². The lowest BCUT2D eigenvalue weighted by Gasteiger charge is -2.46. The number of likely N-dealkylation sites (tertiary alicyclic amines) is 1. The van der Waals surface area contributed by atoms with Gasteiger partial charge in [0.25, 0.3) is 5.91 Å². The molecule has 0 unspecified atom stereocenters. The topological polar surface area (TPSA) is 97.9 Å². The molecule has 11 heteroatoms. The van der Waals surface area contributed by atoms with Gasteiger partial charge in [-0.05, 0) is 94.1 Å². The maximum absolute atomic E-state index is 14.7. The third-order valence-corrected chi connectivity index (χ3v) is 9.90. The molecule has 3 atom stereocenters. The number of piperazine rings is 1. The number of carbonyl (C=O) groups excluding carboxylic acids is 3. The van der Waals surface area contributed by atoms with Crippen LogP contribution < -0.4 is 15.5 Å². The van der Waals surface area contributed by atoms with Crippen LogP contribution in [0.3, 0.4) is 0 Å². The molecule has 6 rings (SSSR count). The summed E-state index contributed by atoms with van der Waals surface area (Å²) in [6.07, 6.45) is 5.27. The third kappa shape index (κ3) is 7.51. The van der Waals surface area contributed by atoms with Crippen LogP contribution in [-0.4, -0.2) is 90.0 Å². The van der Waals surface area contributed by atoms with Gasteiger partial charge in [0.05, 0.1) is 24.6 Å². The summed E-state index contributed by atoms with van der Waals surface area (Å²) in [5.74, 6) is -1.43. The summed E-state index contributed by atoms with van der Waals surface area (Å²) >= 11 is 0. The van der Waals surface area contributed by atoms with E-state index in [9.17, 15) is 23.2 Å². The molecular formula is C37H44F2N6O3. The van der Waals surface area contributed by atoms with Crippen molar-refractivity contribution in [3.05, 3.63) is 77.2 Å². The maximum Gasteiger partial charge on any atom is 0.270 e. The van der Waals surface area contributed by atoms with Gasteiger partial charge < -0.3 is 20.4 Å². The highest BCUT2D eigenvalue weighted by Gasteiger charge is 2.40. The van der Waals surface area contributed by atoms with Crippen LogP contribution in [0.5, 0.6) is 0 Å². The molecule has 1 saturated carbocycles. The van der Waals surface area contributed by atoms with Crippen molar-refractivity contribution in [1.82, 2.24) is 25.4 Å². The summed E-state index contributed by atoms with van der Waals surface area (Å²) < 4.78 is 28.2. The molecule has 2 aliphatic heterocycles. The van der Waals surface area contributed by atoms with Gasteiger partial charge in [-0.15, -0.1) is 0 Å². The minimum atomic E-state index is -1.36. The molecule has 9 nitrogen and oxygen atoms in total. The largest absolute Gasteiger partial charge is 0.368 e. The Morgan fingerprint density at radius 3 is 2.62 bits per heavy atom. The monoisotopic (exact) mass is 658 g/mol. The van der Waals surface area contributed by atoms with Gasteiger partial charge in [0.1, 0.15) is 23.7 Å². The fraction of sp³-hybridized carbons (Fsp3) is 0.459. The predicted molar refractivity (Wildman–Crippen MR) is 183 cm³/mol. The van der Waals surface area contributed by atoms with E-state index in [1.54, 1.807) is 6.07 Å².